The second-order valence-corrected chi connectivity index (χ2v) is 7.78. The first-order valence-electron chi connectivity index (χ1n) is 9.99. The van der Waals surface area contributed by atoms with Crippen LogP contribution in [0.2, 0.25) is 0 Å². The van der Waals surface area contributed by atoms with Gasteiger partial charge in [0.15, 0.2) is 5.69 Å². The summed E-state index contributed by atoms with van der Waals surface area (Å²) >= 11 is 0. The van der Waals surface area contributed by atoms with Crippen LogP contribution in [0.25, 0.3) is 0 Å². The summed E-state index contributed by atoms with van der Waals surface area (Å²) in [5.41, 5.74) is 3.42. The quantitative estimate of drug-likeness (QED) is 0.815. The molecule has 3 aliphatic rings. The monoisotopic (exact) mass is 380 g/mol. The van der Waals surface area contributed by atoms with Crippen LogP contribution in [0, 0.1) is 0 Å². The lowest BCUT2D eigenvalue weighted by Crippen LogP contribution is -2.42. The summed E-state index contributed by atoms with van der Waals surface area (Å²) in [6.45, 7) is 4.25. The number of carbonyl (C=O) groups is 1. The summed E-state index contributed by atoms with van der Waals surface area (Å²) in [5, 5.41) is 3.38. The first kappa shape index (κ1) is 17.4. The van der Waals surface area contributed by atoms with E-state index in [1.165, 1.54) is 24.8 Å². The average molecular weight is 380 g/mol. The molecule has 1 aromatic heterocycles. The number of carbonyl (C=O) groups excluding carboxylic acids is 1. The molecule has 1 saturated heterocycles. The first-order chi connectivity index (χ1) is 13.7. The standard InChI is InChI=1S/C21H24N4O3/c1-13-11-25(9-10-27-13)21-23-18-17(12-28-20(18)26)19(24-21)22-16-7-5-15(6-8-16)14-3-2-4-14/h5-8,13-14H,2-4,9-12H2,1H3,(H,22,23,24). The molecule has 2 aromatic rings. The minimum atomic E-state index is -0.386. The average Bonchev–Trinajstić information content (AvgIpc) is 3.03. The normalized spacial score (nSPS) is 21.8. The summed E-state index contributed by atoms with van der Waals surface area (Å²) in [6, 6.07) is 8.52. The van der Waals surface area contributed by atoms with E-state index in [-0.39, 0.29) is 18.7 Å². The van der Waals surface area contributed by atoms with Gasteiger partial charge in [-0.2, -0.15) is 4.98 Å². The fraction of sp³-hybridized carbons (Fsp3) is 0.476. The van der Waals surface area contributed by atoms with Gasteiger partial charge in [0.05, 0.1) is 18.3 Å². The maximum atomic E-state index is 12.1. The van der Waals surface area contributed by atoms with Crippen LogP contribution in [0.1, 0.15) is 53.7 Å². The highest BCUT2D eigenvalue weighted by Gasteiger charge is 2.30. The number of hydrogen-bond acceptors (Lipinski definition) is 7. The molecular weight excluding hydrogens is 356 g/mol. The number of benzene rings is 1. The molecule has 28 heavy (non-hydrogen) atoms. The number of fused-ring (bicyclic) bond motifs is 1. The number of rotatable bonds is 4. The van der Waals surface area contributed by atoms with Crippen LogP contribution < -0.4 is 10.2 Å². The Bertz CT molecular complexity index is 895. The van der Waals surface area contributed by atoms with Gasteiger partial charge in [-0.15, -0.1) is 0 Å². The molecular formula is C21H24N4O3. The minimum absolute atomic E-state index is 0.105. The summed E-state index contributed by atoms with van der Waals surface area (Å²) in [7, 11) is 0. The van der Waals surface area contributed by atoms with Crippen molar-refractivity contribution in [3.8, 4) is 0 Å². The fourth-order valence-corrected chi connectivity index (χ4v) is 3.95. The molecule has 146 valence electrons. The highest BCUT2D eigenvalue weighted by atomic mass is 16.5. The van der Waals surface area contributed by atoms with Crippen molar-refractivity contribution in [3.63, 3.8) is 0 Å². The van der Waals surface area contributed by atoms with E-state index in [1.807, 2.05) is 6.92 Å². The van der Waals surface area contributed by atoms with Crippen molar-refractivity contribution in [2.75, 3.05) is 29.9 Å². The van der Waals surface area contributed by atoms with E-state index < -0.39 is 0 Å². The number of cyclic esters (lactones) is 1. The molecule has 2 aliphatic heterocycles. The van der Waals surface area contributed by atoms with E-state index in [9.17, 15) is 4.79 Å². The predicted octanol–water partition coefficient (Wildman–Crippen LogP) is 3.38. The van der Waals surface area contributed by atoms with E-state index in [2.05, 4.69) is 39.5 Å². The van der Waals surface area contributed by atoms with Crippen LogP contribution in [0.3, 0.4) is 0 Å². The maximum Gasteiger partial charge on any atom is 0.357 e. The van der Waals surface area contributed by atoms with Crippen molar-refractivity contribution < 1.29 is 14.3 Å². The maximum absolute atomic E-state index is 12.1. The van der Waals surface area contributed by atoms with Crippen molar-refractivity contribution in [2.45, 2.75) is 44.8 Å². The van der Waals surface area contributed by atoms with Crippen LogP contribution >= 0.6 is 0 Å². The molecule has 0 spiro atoms. The number of hydrogen-bond donors (Lipinski definition) is 1. The van der Waals surface area contributed by atoms with Crippen LogP contribution in [0.15, 0.2) is 24.3 Å². The van der Waals surface area contributed by atoms with Crippen molar-refractivity contribution in [1.82, 2.24) is 9.97 Å². The van der Waals surface area contributed by atoms with Gasteiger partial charge in [0.25, 0.3) is 0 Å². The van der Waals surface area contributed by atoms with Gasteiger partial charge in [-0.3, -0.25) is 0 Å². The summed E-state index contributed by atoms with van der Waals surface area (Å²) in [5.74, 6) is 1.50. The predicted molar refractivity (Wildman–Crippen MR) is 105 cm³/mol. The lowest BCUT2D eigenvalue weighted by Gasteiger charge is -2.31. The number of esters is 1. The Labute approximate surface area is 164 Å². The lowest BCUT2D eigenvalue weighted by molar-refractivity contribution is 0.0524. The number of nitrogens with one attached hydrogen (secondary N) is 1. The van der Waals surface area contributed by atoms with E-state index in [4.69, 9.17) is 14.5 Å². The lowest BCUT2D eigenvalue weighted by atomic mass is 9.80. The summed E-state index contributed by atoms with van der Waals surface area (Å²) < 4.78 is 10.8. The first-order valence-corrected chi connectivity index (χ1v) is 9.99. The molecule has 1 aromatic carbocycles. The highest BCUT2D eigenvalue weighted by Crippen LogP contribution is 2.37. The van der Waals surface area contributed by atoms with Crippen LogP contribution in [0.5, 0.6) is 0 Å². The summed E-state index contributed by atoms with van der Waals surface area (Å²) in [4.78, 5) is 23.4. The van der Waals surface area contributed by atoms with Gasteiger partial charge in [-0.25, -0.2) is 9.78 Å². The molecule has 1 aliphatic carbocycles. The molecule has 1 saturated carbocycles. The van der Waals surface area contributed by atoms with Crippen LogP contribution in [-0.4, -0.2) is 41.7 Å². The zero-order chi connectivity index (χ0) is 19.1. The zero-order valence-corrected chi connectivity index (χ0v) is 16.0. The second-order valence-electron chi connectivity index (χ2n) is 7.78. The molecule has 1 unspecified atom stereocenters. The van der Waals surface area contributed by atoms with Gasteiger partial charge < -0.3 is 19.7 Å². The fourth-order valence-electron chi connectivity index (χ4n) is 3.95. The molecule has 7 nitrogen and oxygen atoms in total. The second kappa shape index (κ2) is 7.05. The molecule has 0 radical (unpaired) electrons. The summed E-state index contributed by atoms with van der Waals surface area (Å²) in [6.07, 6.45) is 4.00. The van der Waals surface area contributed by atoms with Gasteiger partial charge in [0, 0.05) is 18.8 Å². The zero-order valence-electron chi connectivity index (χ0n) is 16.0. The van der Waals surface area contributed by atoms with E-state index >= 15 is 0 Å². The van der Waals surface area contributed by atoms with Gasteiger partial charge in [-0.1, -0.05) is 18.6 Å². The van der Waals surface area contributed by atoms with Gasteiger partial charge in [0.1, 0.15) is 12.4 Å². The molecule has 2 fully saturated rings. The third kappa shape index (κ3) is 3.20. The van der Waals surface area contributed by atoms with E-state index in [1.54, 1.807) is 0 Å². The van der Waals surface area contributed by atoms with E-state index in [0.717, 1.165) is 11.3 Å². The molecule has 1 atom stereocenters. The Hall–Kier alpha value is -2.67. The molecule has 0 bridgehead atoms. The number of anilines is 3. The van der Waals surface area contributed by atoms with Gasteiger partial charge in [-0.05, 0) is 43.4 Å². The SMILES string of the molecule is CC1CN(c2nc(Nc3ccc(C4CCC4)cc3)c3c(n2)C(=O)OC3)CCO1. The largest absolute Gasteiger partial charge is 0.456 e. The van der Waals surface area contributed by atoms with Crippen LogP contribution in [-0.2, 0) is 16.1 Å². The smallest absolute Gasteiger partial charge is 0.357 e. The Balaban J connectivity index is 1.44. The van der Waals surface area contributed by atoms with Crippen molar-refractivity contribution in [3.05, 3.63) is 41.1 Å². The molecule has 7 heteroatoms. The number of nitrogens with zero attached hydrogens (tertiary/aromatic N) is 3. The minimum Gasteiger partial charge on any atom is -0.456 e. The van der Waals surface area contributed by atoms with Crippen molar-refractivity contribution in [2.24, 2.45) is 0 Å². The number of morpholine rings is 1. The molecule has 5 rings (SSSR count). The third-order valence-corrected chi connectivity index (χ3v) is 5.81. The highest BCUT2D eigenvalue weighted by molar-refractivity contribution is 5.93. The number of ether oxygens (including phenoxy) is 2. The van der Waals surface area contributed by atoms with Gasteiger partial charge >= 0.3 is 5.97 Å². The van der Waals surface area contributed by atoms with E-state index in [0.29, 0.717) is 43.1 Å². The van der Waals surface area contributed by atoms with Crippen molar-refractivity contribution >= 4 is 23.4 Å². The van der Waals surface area contributed by atoms with Gasteiger partial charge in [0.2, 0.25) is 5.95 Å². The molecule has 1 N–H and O–H groups in total. The molecule has 3 heterocycles. The topological polar surface area (TPSA) is 76.6 Å². The Morgan fingerprint density at radius 1 is 1.18 bits per heavy atom. The molecule has 0 amide bonds. The van der Waals surface area contributed by atoms with Crippen molar-refractivity contribution in [1.29, 1.82) is 0 Å². The third-order valence-electron chi connectivity index (χ3n) is 5.81. The Morgan fingerprint density at radius 2 is 2.00 bits per heavy atom. The number of aromatic nitrogens is 2. The Morgan fingerprint density at radius 3 is 2.71 bits per heavy atom. The Kier molecular flexibility index (Phi) is 4.39. The van der Waals surface area contributed by atoms with Crippen LogP contribution in [0.4, 0.5) is 17.5 Å².